The van der Waals surface area contributed by atoms with E-state index in [2.05, 4.69) is 6.07 Å². The predicted octanol–water partition coefficient (Wildman–Crippen LogP) is 3.96. The molecule has 0 radical (unpaired) electrons. The fourth-order valence-corrected chi connectivity index (χ4v) is 3.68. The molecule has 2 N–H and O–H groups in total. The first-order valence-electron chi connectivity index (χ1n) is 7.85. The van der Waals surface area contributed by atoms with E-state index < -0.39 is 0 Å². The minimum atomic E-state index is -0.0425. The quantitative estimate of drug-likeness (QED) is 0.843. The van der Waals surface area contributed by atoms with Crippen LogP contribution in [0.15, 0.2) is 18.2 Å². The molecular formula is C17H25NO2. The van der Waals surface area contributed by atoms with Crippen molar-refractivity contribution in [3.05, 3.63) is 23.8 Å². The van der Waals surface area contributed by atoms with Gasteiger partial charge < -0.3 is 15.2 Å². The molecule has 2 aliphatic rings. The number of ether oxygens (including phenoxy) is 2. The van der Waals surface area contributed by atoms with Gasteiger partial charge in [-0.25, -0.2) is 0 Å². The summed E-state index contributed by atoms with van der Waals surface area (Å²) in [6.45, 7) is 0. The molecule has 1 aliphatic carbocycles. The number of nitrogens with two attached hydrogens (primary N) is 1. The molecule has 1 spiro atoms. The molecule has 3 nitrogen and oxygen atoms in total. The van der Waals surface area contributed by atoms with Gasteiger partial charge in [-0.15, -0.1) is 0 Å². The Hall–Kier alpha value is -1.22. The van der Waals surface area contributed by atoms with Gasteiger partial charge in [-0.1, -0.05) is 25.3 Å². The highest BCUT2D eigenvalue weighted by atomic mass is 16.5. The van der Waals surface area contributed by atoms with Gasteiger partial charge in [0.15, 0.2) is 0 Å². The fraction of sp³-hybridized carbons (Fsp3) is 0.647. The van der Waals surface area contributed by atoms with Crippen LogP contribution in [0.4, 0.5) is 0 Å². The van der Waals surface area contributed by atoms with Gasteiger partial charge in [-0.3, -0.25) is 0 Å². The zero-order valence-corrected chi connectivity index (χ0v) is 12.4. The second-order valence-corrected chi connectivity index (χ2v) is 6.27. The van der Waals surface area contributed by atoms with Crippen molar-refractivity contribution in [2.45, 2.75) is 63.0 Å². The zero-order chi connectivity index (χ0) is 14.0. The van der Waals surface area contributed by atoms with Crippen LogP contribution < -0.4 is 15.2 Å². The molecule has 0 aromatic heterocycles. The largest absolute Gasteiger partial charge is 0.497 e. The lowest BCUT2D eigenvalue weighted by molar-refractivity contribution is 0.0111. The van der Waals surface area contributed by atoms with Crippen LogP contribution in [0, 0.1) is 0 Å². The minimum Gasteiger partial charge on any atom is -0.497 e. The lowest BCUT2D eigenvalue weighted by Crippen LogP contribution is -2.43. The second kappa shape index (κ2) is 5.65. The smallest absolute Gasteiger partial charge is 0.128 e. The fourth-order valence-electron chi connectivity index (χ4n) is 3.68. The van der Waals surface area contributed by atoms with Crippen molar-refractivity contribution in [3.8, 4) is 11.5 Å². The molecule has 1 aromatic carbocycles. The van der Waals surface area contributed by atoms with Crippen molar-refractivity contribution in [1.29, 1.82) is 0 Å². The topological polar surface area (TPSA) is 44.5 Å². The molecule has 0 bridgehead atoms. The van der Waals surface area contributed by atoms with Crippen molar-refractivity contribution >= 4 is 0 Å². The summed E-state index contributed by atoms with van der Waals surface area (Å²) < 4.78 is 11.8. The summed E-state index contributed by atoms with van der Waals surface area (Å²) >= 11 is 0. The molecule has 0 saturated heterocycles. The average Bonchev–Trinajstić information content (AvgIpc) is 2.43. The third kappa shape index (κ3) is 2.64. The number of hydrogen-bond acceptors (Lipinski definition) is 3. The van der Waals surface area contributed by atoms with Crippen molar-refractivity contribution < 1.29 is 9.47 Å². The Morgan fingerprint density at radius 2 is 1.85 bits per heavy atom. The molecular weight excluding hydrogens is 250 g/mol. The Morgan fingerprint density at radius 3 is 2.55 bits per heavy atom. The van der Waals surface area contributed by atoms with Gasteiger partial charge in [-0.2, -0.15) is 0 Å². The van der Waals surface area contributed by atoms with Crippen molar-refractivity contribution in [2.75, 3.05) is 7.11 Å². The average molecular weight is 275 g/mol. The highest BCUT2D eigenvalue weighted by molar-refractivity contribution is 5.44. The van der Waals surface area contributed by atoms with Crippen LogP contribution in [0.1, 0.15) is 63.0 Å². The maximum atomic E-state index is 6.45. The van der Waals surface area contributed by atoms with Crippen LogP contribution in [0.3, 0.4) is 0 Å². The molecule has 3 heteroatoms. The van der Waals surface area contributed by atoms with Gasteiger partial charge in [0.25, 0.3) is 0 Å². The van der Waals surface area contributed by atoms with E-state index in [0.29, 0.717) is 0 Å². The molecule has 1 aromatic rings. The lowest BCUT2D eigenvalue weighted by atomic mass is 9.79. The predicted molar refractivity (Wildman–Crippen MR) is 80.2 cm³/mol. The molecule has 1 aliphatic heterocycles. The highest BCUT2D eigenvalue weighted by Gasteiger charge is 2.39. The number of hydrogen-bond donors (Lipinski definition) is 1. The lowest BCUT2D eigenvalue weighted by Gasteiger charge is -2.42. The Balaban J connectivity index is 1.88. The summed E-state index contributed by atoms with van der Waals surface area (Å²) in [5.41, 5.74) is 7.49. The van der Waals surface area contributed by atoms with Crippen molar-refractivity contribution in [2.24, 2.45) is 5.73 Å². The first-order chi connectivity index (χ1) is 9.72. The maximum absolute atomic E-state index is 6.45. The highest BCUT2D eigenvalue weighted by Crippen LogP contribution is 2.45. The van der Waals surface area contributed by atoms with Crippen LogP contribution >= 0.6 is 0 Å². The normalized spacial score (nSPS) is 25.2. The Bertz CT molecular complexity index is 464. The van der Waals surface area contributed by atoms with Crippen LogP contribution in [-0.4, -0.2) is 12.7 Å². The third-order valence-electron chi connectivity index (χ3n) is 4.80. The summed E-state index contributed by atoms with van der Waals surface area (Å²) in [4.78, 5) is 0. The first-order valence-corrected chi connectivity index (χ1v) is 7.85. The van der Waals surface area contributed by atoms with E-state index >= 15 is 0 Å². The van der Waals surface area contributed by atoms with Gasteiger partial charge in [0, 0.05) is 24.1 Å². The van der Waals surface area contributed by atoms with Crippen LogP contribution in [-0.2, 0) is 0 Å². The van der Waals surface area contributed by atoms with Gasteiger partial charge in [0.05, 0.1) is 7.11 Å². The summed E-state index contributed by atoms with van der Waals surface area (Å²) in [6, 6.07) is 6.10. The third-order valence-corrected chi connectivity index (χ3v) is 4.80. The molecule has 110 valence electrons. The van der Waals surface area contributed by atoms with Crippen LogP contribution in [0.2, 0.25) is 0 Å². The molecule has 0 amide bonds. The van der Waals surface area contributed by atoms with E-state index in [1.165, 1.54) is 32.1 Å². The van der Waals surface area contributed by atoms with E-state index in [1.54, 1.807) is 7.11 Å². The molecule has 20 heavy (non-hydrogen) atoms. The molecule has 1 fully saturated rings. The zero-order valence-electron chi connectivity index (χ0n) is 12.4. The van der Waals surface area contributed by atoms with E-state index in [4.69, 9.17) is 15.2 Å². The Labute approximate surface area is 121 Å². The number of rotatable bonds is 1. The van der Waals surface area contributed by atoms with Crippen LogP contribution in [0.5, 0.6) is 11.5 Å². The molecule has 1 heterocycles. The van der Waals surface area contributed by atoms with Crippen molar-refractivity contribution in [3.63, 3.8) is 0 Å². The first kappa shape index (κ1) is 13.7. The van der Waals surface area contributed by atoms with E-state index in [9.17, 15) is 0 Å². The van der Waals surface area contributed by atoms with E-state index in [1.807, 2.05) is 12.1 Å². The monoisotopic (exact) mass is 275 g/mol. The van der Waals surface area contributed by atoms with Gasteiger partial charge in [0.1, 0.15) is 17.1 Å². The summed E-state index contributed by atoms with van der Waals surface area (Å²) in [5.74, 6) is 1.78. The number of fused-ring (bicyclic) bond motifs is 1. The van der Waals surface area contributed by atoms with Gasteiger partial charge in [-0.05, 0) is 31.7 Å². The molecule has 3 rings (SSSR count). The standard InChI is InChI=1S/C17H25NO2/c1-19-13-7-8-14-15(18)12-17(20-16(14)11-13)9-5-3-2-4-6-10-17/h7-8,11,15H,2-6,9-10,12,18H2,1H3. The summed E-state index contributed by atoms with van der Waals surface area (Å²) in [7, 11) is 1.69. The minimum absolute atomic E-state index is 0.0425. The van der Waals surface area contributed by atoms with Crippen LogP contribution in [0.25, 0.3) is 0 Å². The molecule has 1 saturated carbocycles. The summed E-state index contributed by atoms with van der Waals surface area (Å²) in [5, 5.41) is 0. The van der Waals surface area contributed by atoms with Crippen molar-refractivity contribution in [1.82, 2.24) is 0 Å². The number of benzene rings is 1. The SMILES string of the molecule is COc1ccc2c(c1)OC1(CCCCCCC1)CC2N. The van der Waals surface area contributed by atoms with E-state index in [-0.39, 0.29) is 11.6 Å². The Morgan fingerprint density at radius 1 is 1.15 bits per heavy atom. The molecule has 1 unspecified atom stereocenters. The van der Waals surface area contributed by atoms with Gasteiger partial charge >= 0.3 is 0 Å². The molecule has 1 atom stereocenters. The Kier molecular flexibility index (Phi) is 3.88. The van der Waals surface area contributed by atoms with E-state index in [0.717, 1.165) is 36.3 Å². The van der Waals surface area contributed by atoms with Gasteiger partial charge in [0.2, 0.25) is 0 Å². The second-order valence-electron chi connectivity index (χ2n) is 6.27. The number of methoxy groups -OCH3 is 1. The summed E-state index contributed by atoms with van der Waals surface area (Å²) in [6.07, 6.45) is 9.75. The maximum Gasteiger partial charge on any atom is 0.128 e.